The number of hydrogen-bond donors (Lipinski definition) is 1. The molecule has 150 valence electrons. The van der Waals surface area contributed by atoms with Crippen molar-refractivity contribution < 1.29 is 4.74 Å². The fourth-order valence-corrected chi connectivity index (χ4v) is 5.12. The maximum absolute atomic E-state index is 6.89. The molecule has 3 heterocycles. The van der Waals surface area contributed by atoms with Gasteiger partial charge in [-0.1, -0.05) is 36.8 Å². The molecule has 1 unspecified atom stereocenters. The number of imidazole rings is 1. The molecule has 1 aliphatic carbocycles. The summed E-state index contributed by atoms with van der Waals surface area (Å²) in [7, 11) is 2.04. The van der Waals surface area contributed by atoms with Crippen LogP contribution in [0.15, 0.2) is 48.8 Å². The second kappa shape index (κ2) is 6.59. The van der Waals surface area contributed by atoms with Gasteiger partial charge in [0.25, 0.3) is 0 Å². The van der Waals surface area contributed by atoms with E-state index in [1.165, 1.54) is 22.8 Å². The van der Waals surface area contributed by atoms with Crippen molar-refractivity contribution in [1.29, 1.82) is 0 Å². The number of fused-ring (bicyclic) bond motifs is 5. The molecule has 2 aliphatic rings. The number of rotatable bonds is 1. The van der Waals surface area contributed by atoms with Crippen molar-refractivity contribution >= 4 is 16.5 Å². The van der Waals surface area contributed by atoms with E-state index in [9.17, 15) is 0 Å². The minimum absolute atomic E-state index is 0.115. The van der Waals surface area contributed by atoms with Crippen molar-refractivity contribution in [2.75, 3.05) is 5.73 Å². The Labute approximate surface area is 175 Å². The summed E-state index contributed by atoms with van der Waals surface area (Å²) >= 11 is 0. The van der Waals surface area contributed by atoms with Gasteiger partial charge in [0.15, 0.2) is 0 Å². The molecule has 2 aromatic carbocycles. The van der Waals surface area contributed by atoms with Gasteiger partial charge in [-0.15, -0.1) is 0 Å². The van der Waals surface area contributed by atoms with Gasteiger partial charge < -0.3 is 15.0 Å². The van der Waals surface area contributed by atoms with Gasteiger partial charge in [0.1, 0.15) is 11.6 Å². The zero-order chi connectivity index (χ0) is 20.2. The van der Waals surface area contributed by atoms with Gasteiger partial charge in [0.05, 0.1) is 11.5 Å². The van der Waals surface area contributed by atoms with Crippen LogP contribution in [0.25, 0.3) is 10.8 Å². The highest BCUT2D eigenvalue weighted by atomic mass is 16.5. The third-order valence-electron chi connectivity index (χ3n) is 6.60. The summed E-state index contributed by atoms with van der Waals surface area (Å²) in [4.78, 5) is 9.74. The summed E-state index contributed by atoms with van der Waals surface area (Å²) in [6.07, 6.45) is 9.32. The second-order valence-electron chi connectivity index (χ2n) is 8.36. The summed E-state index contributed by atoms with van der Waals surface area (Å²) in [6.45, 7) is 0. The topological polar surface area (TPSA) is 66.0 Å². The van der Waals surface area contributed by atoms with Crippen molar-refractivity contribution in [3.8, 4) is 11.6 Å². The van der Waals surface area contributed by atoms with Gasteiger partial charge in [-0.3, -0.25) is 0 Å². The molecule has 0 spiro atoms. The van der Waals surface area contributed by atoms with Crippen LogP contribution < -0.4 is 10.5 Å². The molecule has 0 amide bonds. The first-order valence-electron chi connectivity index (χ1n) is 10.7. The molecule has 2 N–H and O–H groups in total. The van der Waals surface area contributed by atoms with Gasteiger partial charge in [0, 0.05) is 36.4 Å². The lowest BCUT2D eigenvalue weighted by atomic mass is 9.83. The number of nitrogens with two attached hydrogens (primary N) is 1. The van der Waals surface area contributed by atoms with Crippen molar-refractivity contribution in [2.24, 2.45) is 7.05 Å². The van der Waals surface area contributed by atoms with Crippen molar-refractivity contribution in [3.63, 3.8) is 0 Å². The molecule has 0 bridgehead atoms. The molecular weight excluding hydrogens is 372 g/mol. The van der Waals surface area contributed by atoms with Crippen molar-refractivity contribution in [2.45, 2.75) is 38.0 Å². The van der Waals surface area contributed by atoms with Crippen LogP contribution in [0.1, 0.15) is 53.4 Å². The number of ether oxygens (including phenoxy) is 1. The molecule has 0 radical (unpaired) electrons. The highest BCUT2D eigenvalue weighted by Gasteiger charge is 2.37. The molecule has 5 heteroatoms. The molecule has 1 atom stereocenters. The van der Waals surface area contributed by atoms with E-state index in [1.54, 1.807) is 0 Å². The Hall–Kier alpha value is -3.34. The van der Waals surface area contributed by atoms with Crippen LogP contribution in [0.2, 0.25) is 0 Å². The first-order valence-corrected chi connectivity index (χ1v) is 10.7. The Morgan fingerprint density at radius 2 is 1.90 bits per heavy atom. The molecule has 1 aliphatic heterocycles. The maximum atomic E-state index is 6.89. The lowest BCUT2D eigenvalue weighted by Gasteiger charge is -2.31. The van der Waals surface area contributed by atoms with Crippen LogP contribution in [0.5, 0.6) is 11.6 Å². The number of pyridine rings is 1. The Morgan fingerprint density at radius 1 is 1.03 bits per heavy atom. The number of benzene rings is 2. The minimum atomic E-state index is -0.115. The lowest BCUT2D eigenvalue weighted by Crippen LogP contribution is -2.20. The first-order chi connectivity index (χ1) is 14.7. The molecule has 4 aromatic rings. The highest BCUT2D eigenvalue weighted by Crippen LogP contribution is 2.52. The standard InChI is InChI=1S/C25H24N4O/c1-29-14-13-27-24(29)21-20-16-8-6-5-7-15(16)11-12-19(20)30-25-22(21)23(26)17-9-3-2-4-10-18(17)28-25/h5-8,11-14,21H,2-4,9-10H2,1H3,(H2,26,28). The number of aromatic nitrogens is 3. The second-order valence-corrected chi connectivity index (χ2v) is 8.36. The van der Waals surface area contributed by atoms with E-state index in [0.29, 0.717) is 5.88 Å². The smallest absolute Gasteiger partial charge is 0.225 e. The molecule has 0 saturated heterocycles. The van der Waals surface area contributed by atoms with E-state index in [2.05, 4.69) is 41.0 Å². The van der Waals surface area contributed by atoms with E-state index in [0.717, 1.165) is 59.8 Å². The largest absolute Gasteiger partial charge is 0.438 e. The van der Waals surface area contributed by atoms with E-state index in [4.69, 9.17) is 20.4 Å². The zero-order valence-electron chi connectivity index (χ0n) is 17.1. The van der Waals surface area contributed by atoms with Crippen LogP contribution in [0.4, 0.5) is 5.69 Å². The summed E-state index contributed by atoms with van der Waals surface area (Å²) in [5, 5.41) is 2.35. The first kappa shape index (κ1) is 17.5. The van der Waals surface area contributed by atoms with Crippen LogP contribution in [0, 0.1) is 0 Å². The van der Waals surface area contributed by atoms with Gasteiger partial charge >= 0.3 is 0 Å². The third-order valence-corrected chi connectivity index (χ3v) is 6.60. The van der Waals surface area contributed by atoms with Crippen molar-refractivity contribution in [1.82, 2.24) is 14.5 Å². The number of nitrogens with zero attached hydrogens (tertiary/aromatic N) is 3. The van der Waals surface area contributed by atoms with Crippen molar-refractivity contribution in [3.05, 3.63) is 77.0 Å². The van der Waals surface area contributed by atoms with Crippen LogP contribution in [-0.2, 0) is 19.9 Å². The Morgan fingerprint density at radius 3 is 2.77 bits per heavy atom. The average molecular weight is 396 g/mol. The molecule has 0 fully saturated rings. The lowest BCUT2D eigenvalue weighted by molar-refractivity contribution is 0.430. The van der Waals surface area contributed by atoms with Crippen LogP contribution in [0.3, 0.4) is 0 Å². The highest BCUT2D eigenvalue weighted by molar-refractivity contribution is 5.90. The Balaban J connectivity index is 1.69. The number of hydrogen-bond acceptors (Lipinski definition) is 4. The molecular formula is C25H24N4O. The maximum Gasteiger partial charge on any atom is 0.225 e. The van der Waals surface area contributed by atoms with Gasteiger partial charge in [-0.05, 0) is 48.1 Å². The van der Waals surface area contributed by atoms with Gasteiger partial charge in [-0.25, -0.2) is 9.97 Å². The van der Waals surface area contributed by atoms with E-state index in [1.807, 2.05) is 19.4 Å². The SMILES string of the molecule is Cn1ccnc1C1c2c(nc3c(c2N)CCCCC3)Oc2ccc3ccccc3c21. The number of anilines is 1. The molecule has 5 nitrogen and oxygen atoms in total. The number of aryl methyl sites for hydroxylation is 2. The zero-order valence-corrected chi connectivity index (χ0v) is 17.1. The summed E-state index contributed by atoms with van der Waals surface area (Å²) in [5.41, 5.74) is 12.1. The quantitative estimate of drug-likeness (QED) is 0.400. The molecule has 30 heavy (non-hydrogen) atoms. The predicted molar refractivity (Wildman–Crippen MR) is 118 cm³/mol. The van der Waals surface area contributed by atoms with Gasteiger partial charge in [0.2, 0.25) is 5.88 Å². The number of nitrogen functional groups attached to an aromatic ring is 1. The molecule has 2 aromatic heterocycles. The Bertz CT molecular complexity index is 1290. The fraction of sp³-hybridized carbons (Fsp3) is 0.280. The predicted octanol–water partition coefficient (Wildman–Crippen LogP) is 5.11. The van der Waals surface area contributed by atoms with E-state index >= 15 is 0 Å². The molecule has 6 rings (SSSR count). The summed E-state index contributed by atoms with van der Waals surface area (Å²) in [6, 6.07) is 12.6. The summed E-state index contributed by atoms with van der Waals surface area (Å²) < 4.78 is 8.49. The Kier molecular flexibility index (Phi) is 3.85. The average Bonchev–Trinajstić information content (AvgIpc) is 3.04. The fourth-order valence-electron chi connectivity index (χ4n) is 5.12. The summed E-state index contributed by atoms with van der Waals surface area (Å²) in [5.74, 6) is 2.33. The van der Waals surface area contributed by atoms with Gasteiger partial charge in [-0.2, -0.15) is 0 Å². The molecule has 0 saturated carbocycles. The third kappa shape index (κ3) is 2.48. The van der Waals surface area contributed by atoms with Crippen LogP contribution in [-0.4, -0.2) is 14.5 Å². The van der Waals surface area contributed by atoms with Crippen LogP contribution >= 0.6 is 0 Å². The minimum Gasteiger partial charge on any atom is -0.438 e. The van der Waals surface area contributed by atoms with E-state index < -0.39 is 0 Å². The normalized spacial score (nSPS) is 17.6. The monoisotopic (exact) mass is 396 g/mol. The van der Waals surface area contributed by atoms with E-state index in [-0.39, 0.29) is 5.92 Å².